The number of nitrogens with zero attached hydrogens (tertiary/aromatic N) is 2. The van der Waals surface area contributed by atoms with E-state index in [1.54, 1.807) is 6.07 Å². The molecule has 0 amide bonds. The maximum Gasteiger partial charge on any atom is 0.127 e. The van der Waals surface area contributed by atoms with Gasteiger partial charge in [0, 0.05) is 37.8 Å². The van der Waals surface area contributed by atoms with E-state index < -0.39 is 0 Å². The van der Waals surface area contributed by atoms with Crippen LogP contribution in [0.1, 0.15) is 30.9 Å². The topological polar surface area (TPSA) is 32.5 Å². The van der Waals surface area contributed by atoms with E-state index in [2.05, 4.69) is 23.8 Å². The lowest BCUT2D eigenvalue weighted by Crippen LogP contribution is -2.39. The molecule has 0 aromatic heterocycles. The Bertz CT molecular complexity index is 436. The van der Waals surface area contributed by atoms with Gasteiger partial charge in [-0.1, -0.05) is 19.1 Å². The van der Waals surface area contributed by atoms with Crippen molar-refractivity contribution in [2.45, 2.75) is 38.9 Å². The predicted molar refractivity (Wildman–Crippen MR) is 80.9 cm³/mol. The fourth-order valence-corrected chi connectivity index (χ4v) is 3.01. The van der Waals surface area contributed by atoms with E-state index in [-0.39, 0.29) is 12.4 Å². The molecular formula is C16H26FN3. The third kappa shape index (κ3) is 3.78. The normalized spacial score (nSPS) is 21.9. The summed E-state index contributed by atoms with van der Waals surface area (Å²) in [6.07, 6.45) is 2.34. The SMILES string of the molecule is CCC1CN(C)CCCN1Cc1ccc(F)c(CN)c1. The van der Waals surface area contributed by atoms with Crippen molar-refractivity contribution >= 4 is 0 Å². The highest BCUT2D eigenvalue weighted by Gasteiger charge is 2.22. The van der Waals surface area contributed by atoms with E-state index in [4.69, 9.17) is 5.73 Å². The lowest BCUT2D eigenvalue weighted by Gasteiger charge is -2.30. The largest absolute Gasteiger partial charge is 0.326 e. The molecule has 1 aromatic rings. The molecule has 0 radical (unpaired) electrons. The van der Waals surface area contributed by atoms with Gasteiger partial charge in [0.1, 0.15) is 5.82 Å². The number of hydrogen-bond acceptors (Lipinski definition) is 3. The lowest BCUT2D eigenvalue weighted by molar-refractivity contribution is 0.176. The van der Waals surface area contributed by atoms with Crippen LogP contribution in [-0.4, -0.2) is 42.5 Å². The lowest BCUT2D eigenvalue weighted by atomic mass is 10.1. The number of likely N-dealkylation sites (N-methyl/N-ethyl adjacent to an activating group) is 1. The summed E-state index contributed by atoms with van der Waals surface area (Å²) in [5.74, 6) is -0.195. The first kappa shape index (κ1) is 15.4. The fourth-order valence-electron chi connectivity index (χ4n) is 3.01. The minimum atomic E-state index is -0.195. The maximum absolute atomic E-state index is 13.5. The Morgan fingerprint density at radius 2 is 2.15 bits per heavy atom. The third-order valence-corrected chi connectivity index (χ3v) is 4.21. The van der Waals surface area contributed by atoms with Crippen molar-refractivity contribution in [1.29, 1.82) is 0 Å². The predicted octanol–water partition coefficient (Wildman–Crippen LogP) is 2.20. The Morgan fingerprint density at radius 3 is 2.85 bits per heavy atom. The Labute approximate surface area is 121 Å². The molecular weight excluding hydrogens is 253 g/mol. The summed E-state index contributed by atoms with van der Waals surface area (Å²) in [5.41, 5.74) is 7.36. The molecule has 1 saturated heterocycles. The molecule has 1 aliphatic rings. The van der Waals surface area contributed by atoms with Crippen LogP contribution in [-0.2, 0) is 13.1 Å². The molecule has 1 atom stereocenters. The highest BCUT2D eigenvalue weighted by Crippen LogP contribution is 2.17. The van der Waals surface area contributed by atoms with Crippen LogP contribution in [0.4, 0.5) is 4.39 Å². The summed E-state index contributed by atoms with van der Waals surface area (Å²) in [6.45, 7) is 6.77. The molecule has 112 valence electrons. The van der Waals surface area contributed by atoms with Crippen LogP contribution in [0.25, 0.3) is 0 Å². The molecule has 2 N–H and O–H groups in total. The Balaban J connectivity index is 2.10. The van der Waals surface area contributed by atoms with Crippen LogP contribution in [0.15, 0.2) is 18.2 Å². The van der Waals surface area contributed by atoms with E-state index in [1.165, 1.54) is 6.42 Å². The van der Waals surface area contributed by atoms with Gasteiger partial charge in [-0.2, -0.15) is 0 Å². The zero-order chi connectivity index (χ0) is 14.5. The van der Waals surface area contributed by atoms with Gasteiger partial charge >= 0.3 is 0 Å². The number of benzene rings is 1. The van der Waals surface area contributed by atoms with Crippen molar-refractivity contribution in [2.75, 3.05) is 26.7 Å². The Morgan fingerprint density at radius 1 is 1.35 bits per heavy atom. The van der Waals surface area contributed by atoms with Gasteiger partial charge in [0.05, 0.1) is 0 Å². The summed E-state index contributed by atoms with van der Waals surface area (Å²) in [6, 6.07) is 5.92. The molecule has 0 saturated carbocycles. The monoisotopic (exact) mass is 279 g/mol. The van der Waals surface area contributed by atoms with Gasteiger partial charge in [0.15, 0.2) is 0 Å². The van der Waals surface area contributed by atoms with Crippen molar-refractivity contribution in [3.63, 3.8) is 0 Å². The van der Waals surface area contributed by atoms with Gasteiger partial charge in [-0.05, 0) is 38.1 Å². The van der Waals surface area contributed by atoms with Crippen molar-refractivity contribution in [3.8, 4) is 0 Å². The Hall–Kier alpha value is -0.970. The average Bonchev–Trinajstić information content (AvgIpc) is 2.62. The van der Waals surface area contributed by atoms with Crippen molar-refractivity contribution < 1.29 is 4.39 Å². The molecule has 0 aliphatic carbocycles. The summed E-state index contributed by atoms with van der Waals surface area (Å²) >= 11 is 0. The zero-order valence-electron chi connectivity index (χ0n) is 12.6. The second kappa shape index (κ2) is 7.16. The van der Waals surface area contributed by atoms with Crippen LogP contribution in [0.5, 0.6) is 0 Å². The quantitative estimate of drug-likeness (QED) is 0.917. The molecule has 0 bridgehead atoms. The molecule has 1 unspecified atom stereocenters. The van der Waals surface area contributed by atoms with Gasteiger partial charge in [-0.25, -0.2) is 4.39 Å². The van der Waals surface area contributed by atoms with Gasteiger partial charge in [0.25, 0.3) is 0 Å². The highest BCUT2D eigenvalue weighted by atomic mass is 19.1. The molecule has 2 rings (SSSR count). The van der Waals surface area contributed by atoms with E-state index in [0.717, 1.165) is 38.2 Å². The van der Waals surface area contributed by atoms with E-state index in [0.29, 0.717) is 11.6 Å². The molecule has 1 heterocycles. The molecule has 0 spiro atoms. The van der Waals surface area contributed by atoms with Crippen LogP contribution in [0, 0.1) is 5.82 Å². The minimum Gasteiger partial charge on any atom is -0.326 e. The highest BCUT2D eigenvalue weighted by molar-refractivity contribution is 5.25. The average molecular weight is 279 g/mol. The van der Waals surface area contributed by atoms with Crippen LogP contribution in [0.3, 0.4) is 0 Å². The maximum atomic E-state index is 13.5. The molecule has 20 heavy (non-hydrogen) atoms. The first-order valence-electron chi connectivity index (χ1n) is 7.54. The van der Waals surface area contributed by atoms with Crippen molar-refractivity contribution in [1.82, 2.24) is 9.80 Å². The minimum absolute atomic E-state index is 0.195. The standard InChI is InChI=1S/C16H26FN3/c1-3-15-12-19(2)7-4-8-20(15)11-13-5-6-16(17)14(9-13)10-18/h5-6,9,15H,3-4,7-8,10-12,18H2,1-2H3. The zero-order valence-corrected chi connectivity index (χ0v) is 12.6. The van der Waals surface area contributed by atoms with Gasteiger partial charge < -0.3 is 10.6 Å². The van der Waals surface area contributed by atoms with E-state index in [1.807, 2.05) is 12.1 Å². The summed E-state index contributed by atoms with van der Waals surface area (Å²) in [7, 11) is 2.19. The van der Waals surface area contributed by atoms with Gasteiger partial charge in [0.2, 0.25) is 0 Å². The van der Waals surface area contributed by atoms with Crippen molar-refractivity contribution in [2.24, 2.45) is 5.73 Å². The number of rotatable bonds is 4. The van der Waals surface area contributed by atoms with Gasteiger partial charge in [-0.3, -0.25) is 4.90 Å². The van der Waals surface area contributed by atoms with E-state index >= 15 is 0 Å². The third-order valence-electron chi connectivity index (χ3n) is 4.21. The number of halogens is 1. The molecule has 4 heteroatoms. The summed E-state index contributed by atoms with van der Waals surface area (Å²) in [5, 5.41) is 0. The van der Waals surface area contributed by atoms with Crippen LogP contribution >= 0.6 is 0 Å². The van der Waals surface area contributed by atoms with Crippen LogP contribution in [0.2, 0.25) is 0 Å². The van der Waals surface area contributed by atoms with E-state index in [9.17, 15) is 4.39 Å². The van der Waals surface area contributed by atoms with Crippen molar-refractivity contribution in [3.05, 3.63) is 35.1 Å². The summed E-state index contributed by atoms with van der Waals surface area (Å²) < 4.78 is 13.5. The second-order valence-corrected chi connectivity index (χ2v) is 5.78. The molecule has 3 nitrogen and oxygen atoms in total. The fraction of sp³-hybridized carbons (Fsp3) is 0.625. The van der Waals surface area contributed by atoms with Crippen LogP contribution < -0.4 is 5.73 Å². The molecule has 1 fully saturated rings. The summed E-state index contributed by atoms with van der Waals surface area (Å²) in [4.78, 5) is 4.93. The first-order chi connectivity index (χ1) is 9.63. The first-order valence-corrected chi connectivity index (χ1v) is 7.54. The molecule has 1 aromatic carbocycles. The second-order valence-electron chi connectivity index (χ2n) is 5.78. The Kier molecular flexibility index (Phi) is 5.52. The number of nitrogens with two attached hydrogens (primary N) is 1. The number of hydrogen-bond donors (Lipinski definition) is 1. The van der Waals surface area contributed by atoms with Gasteiger partial charge in [-0.15, -0.1) is 0 Å². The smallest absolute Gasteiger partial charge is 0.127 e. The molecule has 1 aliphatic heterocycles.